The van der Waals surface area contributed by atoms with Gasteiger partial charge in [-0.15, -0.1) is 5.10 Å². The van der Waals surface area contributed by atoms with Gasteiger partial charge in [-0.05, 0) is 22.0 Å². The van der Waals surface area contributed by atoms with E-state index in [9.17, 15) is 0 Å². The third-order valence-corrected chi connectivity index (χ3v) is 4.03. The molecule has 2 aromatic rings. The van der Waals surface area contributed by atoms with Crippen molar-refractivity contribution in [2.45, 2.75) is 6.61 Å². The highest BCUT2D eigenvalue weighted by Gasteiger charge is 2.11. The van der Waals surface area contributed by atoms with Gasteiger partial charge >= 0.3 is 0 Å². The second-order valence-electron chi connectivity index (χ2n) is 2.92. The topological polar surface area (TPSA) is 55.2 Å². The van der Waals surface area contributed by atoms with E-state index < -0.39 is 0 Å². The smallest absolute Gasteiger partial charge is 0.299 e. The summed E-state index contributed by atoms with van der Waals surface area (Å²) in [7, 11) is 0. The van der Waals surface area contributed by atoms with Gasteiger partial charge in [-0.25, -0.2) is 0 Å². The summed E-state index contributed by atoms with van der Waals surface area (Å²) in [6, 6.07) is 3.21. The second-order valence-corrected chi connectivity index (χ2v) is 5.61. The van der Waals surface area contributed by atoms with Gasteiger partial charge in [0.2, 0.25) is 0 Å². The van der Waals surface area contributed by atoms with E-state index in [1.165, 1.54) is 0 Å². The van der Waals surface area contributed by atoms with Crippen molar-refractivity contribution >= 4 is 50.5 Å². The molecule has 2 rings (SSSR count). The van der Waals surface area contributed by atoms with Crippen LogP contribution in [0.3, 0.4) is 0 Å². The molecule has 0 bridgehead atoms. The number of nitrogens with zero attached hydrogens (tertiary/aromatic N) is 2. The fourth-order valence-electron chi connectivity index (χ4n) is 1.02. The van der Waals surface area contributed by atoms with Gasteiger partial charge in [-0.1, -0.05) is 39.6 Å². The first-order valence-electron chi connectivity index (χ1n) is 4.36. The van der Waals surface area contributed by atoms with Gasteiger partial charge in [-0.2, -0.15) is 0 Å². The molecule has 1 heterocycles. The highest BCUT2D eigenvalue weighted by molar-refractivity contribution is 9.10. The van der Waals surface area contributed by atoms with Crippen molar-refractivity contribution in [3.8, 4) is 10.9 Å². The molecule has 1 N–H and O–H groups in total. The molecule has 17 heavy (non-hydrogen) atoms. The van der Waals surface area contributed by atoms with Crippen LogP contribution in [0.15, 0.2) is 16.6 Å². The van der Waals surface area contributed by atoms with Gasteiger partial charge in [0.15, 0.2) is 5.75 Å². The Kier molecular flexibility index (Phi) is 4.22. The standard InChI is InChI=1S/C9H5BrCl2N2O2S/c10-4-1-6(12)7(2-5(4)11)16-9-14-13-8(3-15)17-9/h1-2,15H,3H2. The van der Waals surface area contributed by atoms with Gasteiger partial charge < -0.3 is 9.84 Å². The number of rotatable bonds is 3. The maximum Gasteiger partial charge on any atom is 0.299 e. The number of benzene rings is 1. The molecular weight excluding hydrogens is 351 g/mol. The highest BCUT2D eigenvalue weighted by atomic mass is 79.9. The lowest BCUT2D eigenvalue weighted by atomic mass is 10.3. The Hall–Kier alpha value is -0.400. The quantitative estimate of drug-likeness (QED) is 0.848. The minimum Gasteiger partial charge on any atom is -0.428 e. The number of hydrogen-bond donors (Lipinski definition) is 1. The monoisotopic (exact) mass is 354 g/mol. The second kappa shape index (κ2) is 5.49. The minimum absolute atomic E-state index is 0.171. The van der Waals surface area contributed by atoms with Crippen molar-refractivity contribution in [3.63, 3.8) is 0 Å². The number of hydrogen-bond acceptors (Lipinski definition) is 5. The fourth-order valence-corrected chi connectivity index (χ4v) is 2.41. The number of aliphatic hydroxyl groups excluding tert-OH is 1. The molecule has 0 aliphatic rings. The van der Waals surface area contributed by atoms with Gasteiger partial charge in [0.05, 0.1) is 16.7 Å². The summed E-state index contributed by atoms with van der Waals surface area (Å²) in [4.78, 5) is 0. The van der Waals surface area contributed by atoms with Crippen molar-refractivity contribution in [3.05, 3.63) is 31.7 Å². The van der Waals surface area contributed by atoms with Crippen LogP contribution in [0.4, 0.5) is 0 Å². The van der Waals surface area contributed by atoms with Crippen molar-refractivity contribution in [1.29, 1.82) is 0 Å². The molecule has 0 amide bonds. The van der Waals surface area contributed by atoms with Crippen LogP contribution in [0.5, 0.6) is 10.9 Å². The third-order valence-electron chi connectivity index (χ3n) is 1.76. The molecule has 0 aliphatic carbocycles. The largest absolute Gasteiger partial charge is 0.428 e. The Morgan fingerprint density at radius 3 is 2.71 bits per heavy atom. The van der Waals surface area contributed by atoms with Crippen LogP contribution in [-0.2, 0) is 6.61 Å². The summed E-state index contributed by atoms with van der Waals surface area (Å²) < 4.78 is 6.11. The molecule has 90 valence electrons. The van der Waals surface area contributed by atoms with E-state index in [1.807, 2.05) is 0 Å². The van der Waals surface area contributed by atoms with Gasteiger partial charge in [0, 0.05) is 10.5 Å². The Labute approximate surface area is 119 Å². The minimum atomic E-state index is -0.171. The summed E-state index contributed by atoms with van der Waals surface area (Å²) in [6.45, 7) is -0.171. The molecule has 0 fully saturated rings. The van der Waals surface area contributed by atoms with Crippen LogP contribution in [0, 0.1) is 0 Å². The lowest BCUT2D eigenvalue weighted by molar-refractivity contribution is 0.280. The van der Waals surface area contributed by atoms with E-state index in [1.54, 1.807) is 12.1 Å². The Morgan fingerprint density at radius 1 is 1.29 bits per heavy atom. The number of halogens is 3. The molecule has 0 atom stereocenters. The number of ether oxygens (including phenoxy) is 1. The molecule has 0 saturated heterocycles. The van der Waals surface area contributed by atoms with Crippen molar-refractivity contribution in [1.82, 2.24) is 10.2 Å². The Balaban J connectivity index is 2.26. The molecule has 0 saturated carbocycles. The first kappa shape index (κ1) is 13.0. The summed E-state index contributed by atoms with van der Waals surface area (Å²) in [5, 5.41) is 18.0. The zero-order valence-electron chi connectivity index (χ0n) is 8.15. The maximum absolute atomic E-state index is 8.85. The number of aromatic nitrogens is 2. The van der Waals surface area contributed by atoms with Crippen molar-refractivity contribution in [2.24, 2.45) is 0 Å². The summed E-state index contributed by atoms with van der Waals surface area (Å²) in [5.74, 6) is 0.389. The van der Waals surface area contributed by atoms with Crippen LogP contribution in [0.2, 0.25) is 10.0 Å². The van der Waals surface area contributed by atoms with Crippen molar-refractivity contribution in [2.75, 3.05) is 0 Å². The van der Waals surface area contributed by atoms with Gasteiger partial charge in [0.25, 0.3) is 5.19 Å². The maximum atomic E-state index is 8.85. The molecule has 0 spiro atoms. The lowest BCUT2D eigenvalue weighted by Crippen LogP contribution is -1.85. The molecule has 0 radical (unpaired) electrons. The van der Waals surface area contributed by atoms with Crippen LogP contribution < -0.4 is 4.74 Å². The number of aliphatic hydroxyl groups is 1. The van der Waals surface area contributed by atoms with Gasteiger partial charge in [0.1, 0.15) is 5.01 Å². The zero-order chi connectivity index (χ0) is 12.4. The highest BCUT2D eigenvalue weighted by Crippen LogP contribution is 2.37. The average Bonchev–Trinajstić information content (AvgIpc) is 2.73. The fraction of sp³-hybridized carbons (Fsp3) is 0.111. The molecule has 4 nitrogen and oxygen atoms in total. The van der Waals surface area contributed by atoms with E-state index in [2.05, 4.69) is 26.1 Å². The third kappa shape index (κ3) is 3.08. The molecule has 0 unspecified atom stereocenters. The van der Waals surface area contributed by atoms with Crippen LogP contribution in [0.25, 0.3) is 0 Å². The lowest BCUT2D eigenvalue weighted by Gasteiger charge is -2.05. The normalized spacial score (nSPS) is 10.6. The van der Waals surface area contributed by atoms with Crippen LogP contribution in [-0.4, -0.2) is 15.3 Å². The van der Waals surface area contributed by atoms with Crippen LogP contribution in [0.1, 0.15) is 5.01 Å². The SMILES string of the molecule is OCc1nnc(Oc2cc(Cl)c(Br)cc2Cl)s1. The molecular formula is C9H5BrCl2N2O2S. The van der Waals surface area contributed by atoms with E-state index in [0.29, 0.717) is 30.5 Å². The first-order chi connectivity index (χ1) is 8.10. The van der Waals surface area contributed by atoms with E-state index in [0.717, 1.165) is 11.3 Å². The van der Waals surface area contributed by atoms with E-state index in [4.69, 9.17) is 33.0 Å². The molecule has 0 aliphatic heterocycles. The van der Waals surface area contributed by atoms with Gasteiger partial charge in [-0.3, -0.25) is 0 Å². The van der Waals surface area contributed by atoms with Crippen molar-refractivity contribution < 1.29 is 9.84 Å². The summed E-state index contributed by atoms with van der Waals surface area (Å²) >= 11 is 16.3. The zero-order valence-corrected chi connectivity index (χ0v) is 12.1. The van der Waals surface area contributed by atoms with E-state index >= 15 is 0 Å². The van der Waals surface area contributed by atoms with E-state index in [-0.39, 0.29) is 6.61 Å². The first-order valence-corrected chi connectivity index (χ1v) is 6.72. The average molecular weight is 356 g/mol. The Morgan fingerprint density at radius 2 is 2.06 bits per heavy atom. The molecule has 1 aromatic heterocycles. The molecule has 1 aromatic carbocycles. The Bertz CT molecular complexity index is 550. The predicted octanol–water partition coefficient (Wildman–Crippen LogP) is 3.89. The summed E-state index contributed by atoms with van der Waals surface area (Å²) in [5.41, 5.74) is 0. The predicted molar refractivity (Wildman–Crippen MR) is 70.1 cm³/mol. The summed E-state index contributed by atoms with van der Waals surface area (Å²) in [6.07, 6.45) is 0. The molecule has 8 heteroatoms. The van der Waals surface area contributed by atoms with Crippen LogP contribution >= 0.6 is 50.5 Å².